The number of nitrogens with one attached hydrogen (secondary N) is 1. The zero-order valence-corrected chi connectivity index (χ0v) is 12.8. The number of ether oxygens (including phenoxy) is 1. The van der Waals surface area contributed by atoms with Crippen LogP contribution in [0.3, 0.4) is 0 Å². The maximum atomic E-state index is 11.5. The van der Waals surface area contributed by atoms with Crippen molar-refractivity contribution in [2.45, 2.75) is 17.3 Å². The van der Waals surface area contributed by atoms with Gasteiger partial charge in [-0.05, 0) is 0 Å². The maximum Gasteiger partial charge on any atom is 0.329 e. The van der Waals surface area contributed by atoms with Gasteiger partial charge in [0.15, 0.2) is 4.34 Å². The summed E-state index contributed by atoms with van der Waals surface area (Å²) >= 11 is 2.78. The van der Waals surface area contributed by atoms with Gasteiger partial charge in [0.25, 0.3) is 0 Å². The minimum Gasteiger partial charge on any atom is -0.467 e. The fraction of sp³-hybridized carbons (Fsp3) is 0.600. The van der Waals surface area contributed by atoms with Crippen molar-refractivity contribution in [3.05, 3.63) is 0 Å². The summed E-state index contributed by atoms with van der Waals surface area (Å²) in [5, 5.41) is 11.3. The van der Waals surface area contributed by atoms with Crippen LogP contribution in [0, 0.1) is 0 Å². The van der Waals surface area contributed by atoms with Gasteiger partial charge < -0.3 is 15.0 Å². The lowest BCUT2D eigenvalue weighted by molar-refractivity contribution is -0.144. The molecule has 1 aromatic rings. The number of carbonyl (C=O) groups excluding carboxylic acids is 2. The van der Waals surface area contributed by atoms with Crippen LogP contribution in [0.2, 0.25) is 0 Å². The Morgan fingerprint density at radius 3 is 2.63 bits per heavy atom. The van der Waals surface area contributed by atoms with Gasteiger partial charge in [0.1, 0.15) is 6.04 Å². The highest BCUT2D eigenvalue weighted by Crippen LogP contribution is 2.27. The molecule has 1 heterocycles. The highest BCUT2D eigenvalue weighted by molar-refractivity contribution is 8.01. The van der Waals surface area contributed by atoms with Crippen LogP contribution >= 0.6 is 23.1 Å². The Morgan fingerprint density at radius 1 is 1.47 bits per heavy atom. The van der Waals surface area contributed by atoms with Crippen LogP contribution in [0.5, 0.6) is 0 Å². The zero-order chi connectivity index (χ0) is 14.4. The summed E-state index contributed by atoms with van der Waals surface area (Å²) in [6.07, 6.45) is 0. The molecule has 1 rings (SSSR count). The molecule has 7 nitrogen and oxygen atoms in total. The highest BCUT2D eigenvalue weighted by atomic mass is 32.2. The first-order chi connectivity index (χ1) is 8.93. The van der Waals surface area contributed by atoms with E-state index < -0.39 is 12.0 Å². The smallest absolute Gasteiger partial charge is 0.329 e. The molecule has 1 aromatic heterocycles. The minimum absolute atomic E-state index is 0.276. The molecule has 19 heavy (non-hydrogen) atoms. The fourth-order valence-corrected chi connectivity index (χ4v) is 2.95. The molecule has 0 radical (unpaired) electrons. The largest absolute Gasteiger partial charge is 0.467 e. The molecule has 0 saturated heterocycles. The van der Waals surface area contributed by atoms with Crippen molar-refractivity contribution in [3.8, 4) is 0 Å². The first-order valence-corrected chi connectivity index (χ1v) is 7.22. The van der Waals surface area contributed by atoms with Gasteiger partial charge >= 0.3 is 5.97 Å². The predicted molar refractivity (Wildman–Crippen MR) is 74.6 cm³/mol. The average Bonchev–Trinajstić information content (AvgIpc) is 2.82. The molecule has 0 aliphatic carbocycles. The van der Waals surface area contributed by atoms with E-state index in [9.17, 15) is 9.59 Å². The van der Waals surface area contributed by atoms with Crippen LogP contribution in [0.25, 0.3) is 0 Å². The van der Waals surface area contributed by atoms with Gasteiger partial charge in [-0.25, -0.2) is 4.79 Å². The summed E-state index contributed by atoms with van der Waals surface area (Å²) in [4.78, 5) is 24.4. The zero-order valence-electron chi connectivity index (χ0n) is 11.2. The van der Waals surface area contributed by atoms with E-state index >= 15 is 0 Å². The Kier molecular flexibility index (Phi) is 6.03. The van der Waals surface area contributed by atoms with Crippen LogP contribution in [0.15, 0.2) is 4.34 Å². The van der Waals surface area contributed by atoms with E-state index in [0.29, 0.717) is 5.75 Å². The van der Waals surface area contributed by atoms with Crippen LogP contribution in [0.4, 0.5) is 5.13 Å². The monoisotopic (exact) mass is 304 g/mol. The molecule has 1 unspecified atom stereocenters. The second kappa shape index (κ2) is 7.29. The number of aromatic nitrogens is 2. The molecule has 9 heteroatoms. The van der Waals surface area contributed by atoms with Crippen LogP contribution in [-0.4, -0.2) is 55.1 Å². The van der Waals surface area contributed by atoms with Crippen molar-refractivity contribution >= 4 is 40.1 Å². The Morgan fingerprint density at radius 2 is 2.16 bits per heavy atom. The van der Waals surface area contributed by atoms with Crippen molar-refractivity contribution in [2.24, 2.45) is 0 Å². The number of methoxy groups -OCH3 is 1. The molecule has 0 fully saturated rings. The van der Waals surface area contributed by atoms with Gasteiger partial charge in [0.2, 0.25) is 11.0 Å². The summed E-state index contributed by atoms with van der Waals surface area (Å²) in [5.74, 6) is -0.392. The van der Waals surface area contributed by atoms with Crippen molar-refractivity contribution in [1.82, 2.24) is 15.5 Å². The molecule has 0 spiro atoms. The molecule has 1 atom stereocenters. The Bertz CT molecular complexity index is 450. The summed E-state index contributed by atoms with van der Waals surface area (Å²) in [6.45, 7) is 1.36. The molecule has 0 aliphatic heterocycles. The van der Waals surface area contributed by atoms with Gasteiger partial charge in [-0.3, -0.25) is 4.79 Å². The molecule has 106 valence electrons. The third-order valence-corrected chi connectivity index (χ3v) is 4.33. The summed E-state index contributed by atoms with van der Waals surface area (Å²) < 4.78 is 5.38. The predicted octanol–water partition coefficient (Wildman–Crippen LogP) is 0.374. The second-order valence-corrected chi connectivity index (χ2v) is 6.06. The van der Waals surface area contributed by atoms with Crippen molar-refractivity contribution in [2.75, 3.05) is 31.9 Å². The third kappa shape index (κ3) is 5.03. The average molecular weight is 304 g/mol. The van der Waals surface area contributed by atoms with E-state index in [0.717, 1.165) is 9.47 Å². The highest BCUT2D eigenvalue weighted by Gasteiger charge is 2.21. The SMILES string of the molecule is COC(=O)C(CSc1nnc(N(C)C)s1)NC(C)=O. The number of amides is 1. The van der Waals surface area contributed by atoms with E-state index in [1.165, 1.54) is 37.1 Å². The van der Waals surface area contributed by atoms with Gasteiger partial charge in [-0.2, -0.15) is 0 Å². The number of anilines is 1. The standard InChI is InChI=1S/C10H16N4O3S2/c1-6(15)11-7(8(16)17-4)5-18-10-13-12-9(19-10)14(2)3/h7H,5H2,1-4H3,(H,11,15). The maximum absolute atomic E-state index is 11.5. The Balaban J connectivity index is 2.59. The normalized spacial score (nSPS) is 11.8. The first kappa shape index (κ1) is 15.7. The lowest BCUT2D eigenvalue weighted by Crippen LogP contribution is -2.42. The molecular formula is C10H16N4O3S2. The fourth-order valence-electron chi connectivity index (χ4n) is 1.15. The van der Waals surface area contributed by atoms with Gasteiger partial charge in [0.05, 0.1) is 7.11 Å². The molecular weight excluding hydrogens is 288 g/mol. The molecule has 0 aromatic carbocycles. The van der Waals surface area contributed by atoms with E-state index in [2.05, 4.69) is 20.3 Å². The first-order valence-electron chi connectivity index (χ1n) is 5.42. The lowest BCUT2D eigenvalue weighted by Gasteiger charge is -2.13. The van der Waals surface area contributed by atoms with Gasteiger partial charge in [-0.15, -0.1) is 10.2 Å². The van der Waals surface area contributed by atoms with Crippen molar-refractivity contribution < 1.29 is 14.3 Å². The number of hydrogen-bond acceptors (Lipinski definition) is 8. The van der Waals surface area contributed by atoms with E-state index in [1.54, 1.807) is 0 Å². The second-order valence-electron chi connectivity index (χ2n) is 3.83. The molecule has 0 aliphatic rings. The van der Waals surface area contributed by atoms with Crippen LogP contribution in [-0.2, 0) is 14.3 Å². The quantitative estimate of drug-likeness (QED) is 0.600. The minimum atomic E-state index is -0.681. The lowest BCUT2D eigenvalue weighted by atomic mass is 10.3. The Labute approximate surface area is 119 Å². The number of nitrogens with zero attached hydrogens (tertiary/aromatic N) is 3. The van der Waals surface area contributed by atoms with Gasteiger partial charge in [0, 0.05) is 26.8 Å². The number of rotatable bonds is 6. The molecule has 1 N–H and O–H groups in total. The number of carbonyl (C=O) groups is 2. The molecule has 0 bridgehead atoms. The topological polar surface area (TPSA) is 84.4 Å². The van der Waals surface area contributed by atoms with Gasteiger partial charge in [-0.1, -0.05) is 23.1 Å². The van der Waals surface area contributed by atoms with Crippen LogP contribution in [0.1, 0.15) is 6.92 Å². The van der Waals surface area contributed by atoms with Crippen molar-refractivity contribution in [3.63, 3.8) is 0 Å². The van der Waals surface area contributed by atoms with E-state index in [1.807, 2.05) is 19.0 Å². The summed E-state index contributed by atoms with van der Waals surface area (Å²) in [7, 11) is 5.05. The summed E-state index contributed by atoms with van der Waals surface area (Å²) in [6, 6.07) is -0.681. The molecule has 1 amide bonds. The van der Waals surface area contributed by atoms with E-state index in [-0.39, 0.29) is 5.91 Å². The number of thioether (sulfide) groups is 1. The van der Waals surface area contributed by atoms with E-state index in [4.69, 9.17) is 0 Å². The molecule has 0 saturated carbocycles. The Hall–Kier alpha value is -1.35. The number of hydrogen-bond donors (Lipinski definition) is 1. The number of esters is 1. The summed E-state index contributed by atoms with van der Waals surface area (Å²) in [5.41, 5.74) is 0. The van der Waals surface area contributed by atoms with Crippen molar-refractivity contribution in [1.29, 1.82) is 0 Å². The third-order valence-electron chi connectivity index (χ3n) is 2.02. The van der Waals surface area contributed by atoms with Crippen LogP contribution < -0.4 is 10.2 Å².